The smallest absolute Gasteiger partial charge is 0.282 e. The fraction of sp³-hybridized carbons (Fsp3) is 0.154. The molecule has 0 fully saturated rings. The molecule has 2 rings (SSSR count). The molecule has 0 aliphatic carbocycles. The molecule has 0 saturated carbocycles. The molecule has 0 amide bonds. The highest BCUT2D eigenvalue weighted by Crippen LogP contribution is 2.35. The Morgan fingerprint density at radius 3 is 2.30 bits per heavy atom. The van der Waals surface area contributed by atoms with Crippen LogP contribution in [0.1, 0.15) is 5.56 Å². The number of benzene rings is 1. The minimum Gasteiger partial charge on any atom is -0.282 e. The Kier molecular flexibility index (Phi) is 4.79. The lowest BCUT2D eigenvalue weighted by molar-refractivity contribution is -0.137. The van der Waals surface area contributed by atoms with Gasteiger partial charge in [0.05, 0.1) is 33.2 Å². The van der Waals surface area contributed by atoms with Gasteiger partial charge < -0.3 is 0 Å². The minimum atomic E-state index is -4.56. The number of hydrogen-bond donors (Lipinski definition) is 1. The van der Waals surface area contributed by atoms with Gasteiger partial charge in [-0.05, 0) is 18.2 Å². The van der Waals surface area contributed by atoms with Gasteiger partial charge in [-0.15, -0.1) is 0 Å². The summed E-state index contributed by atoms with van der Waals surface area (Å²) in [7, 11) is -3.57. The largest absolute Gasteiger partial charge is 0.417 e. The zero-order chi connectivity index (χ0) is 17.4. The molecule has 0 aliphatic heterocycles. The van der Waals surface area contributed by atoms with Gasteiger partial charge in [-0.1, -0.05) is 29.3 Å². The predicted molar refractivity (Wildman–Crippen MR) is 83.2 cm³/mol. The molecule has 4 nitrogen and oxygen atoms in total. The van der Waals surface area contributed by atoms with Gasteiger partial charge >= 0.3 is 6.18 Å². The van der Waals surface area contributed by atoms with Crippen LogP contribution in [0.5, 0.6) is 0 Å². The van der Waals surface area contributed by atoms with E-state index < -0.39 is 21.8 Å². The maximum atomic E-state index is 12.6. The van der Waals surface area contributed by atoms with Gasteiger partial charge in [-0.2, -0.15) is 13.2 Å². The standard InChI is InChI=1S/C13H9Cl2F3N2O2S/c1-23(21,22)20-11-4-7(2-3-9(11)14)12-10(15)5-8(6-19-12)13(16,17)18/h2-6,20H,1H3. The molecule has 10 heteroatoms. The lowest BCUT2D eigenvalue weighted by Crippen LogP contribution is -2.10. The van der Waals surface area contributed by atoms with E-state index in [1.165, 1.54) is 18.2 Å². The van der Waals surface area contributed by atoms with Gasteiger partial charge in [0.1, 0.15) is 0 Å². The lowest BCUT2D eigenvalue weighted by Gasteiger charge is -2.11. The van der Waals surface area contributed by atoms with Crippen molar-refractivity contribution in [3.63, 3.8) is 0 Å². The molecular weight excluding hydrogens is 376 g/mol. The monoisotopic (exact) mass is 384 g/mol. The van der Waals surface area contributed by atoms with Crippen molar-refractivity contribution >= 4 is 38.9 Å². The van der Waals surface area contributed by atoms with Crippen LogP contribution in [0.2, 0.25) is 10.0 Å². The summed E-state index contributed by atoms with van der Waals surface area (Å²) in [6.07, 6.45) is -2.96. The highest BCUT2D eigenvalue weighted by Gasteiger charge is 2.31. The third-order valence-electron chi connectivity index (χ3n) is 2.70. The molecule has 1 heterocycles. The van der Waals surface area contributed by atoms with Crippen molar-refractivity contribution in [1.29, 1.82) is 0 Å². The van der Waals surface area contributed by atoms with E-state index in [0.717, 1.165) is 12.3 Å². The fourth-order valence-corrected chi connectivity index (χ4v) is 2.82. The first-order chi connectivity index (χ1) is 10.5. The minimum absolute atomic E-state index is 0.0735. The van der Waals surface area contributed by atoms with Gasteiger partial charge in [0.2, 0.25) is 10.0 Å². The number of rotatable bonds is 3. The zero-order valence-corrected chi connectivity index (χ0v) is 13.8. The van der Waals surface area contributed by atoms with Crippen LogP contribution in [-0.2, 0) is 16.2 Å². The topological polar surface area (TPSA) is 59.1 Å². The van der Waals surface area contributed by atoms with E-state index in [1.807, 2.05) is 0 Å². The Morgan fingerprint density at radius 1 is 1.13 bits per heavy atom. The van der Waals surface area contributed by atoms with Crippen LogP contribution in [0.15, 0.2) is 30.5 Å². The molecule has 0 radical (unpaired) electrons. The number of nitrogens with zero attached hydrogens (tertiary/aromatic N) is 1. The first-order valence-corrected chi connectivity index (χ1v) is 8.62. The Hall–Kier alpha value is -1.51. The van der Waals surface area contributed by atoms with Crippen molar-refractivity contribution in [1.82, 2.24) is 4.98 Å². The Labute approximate surface area is 140 Å². The molecule has 0 atom stereocenters. The van der Waals surface area contributed by atoms with Crippen LogP contribution < -0.4 is 4.72 Å². The number of nitrogens with one attached hydrogen (secondary N) is 1. The first kappa shape index (κ1) is 17.8. The summed E-state index contributed by atoms with van der Waals surface area (Å²) in [6, 6.07) is 4.95. The number of alkyl halides is 3. The highest BCUT2D eigenvalue weighted by molar-refractivity contribution is 7.92. The van der Waals surface area contributed by atoms with E-state index in [4.69, 9.17) is 23.2 Å². The van der Waals surface area contributed by atoms with E-state index in [2.05, 4.69) is 9.71 Å². The van der Waals surface area contributed by atoms with Crippen molar-refractivity contribution < 1.29 is 21.6 Å². The van der Waals surface area contributed by atoms with Crippen LogP contribution in [-0.4, -0.2) is 19.7 Å². The molecule has 1 aromatic carbocycles. The van der Waals surface area contributed by atoms with Crippen molar-refractivity contribution in [3.05, 3.63) is 46.1 Å². The summed E-state index contributed by atoms with van der Waals surface area (Å²) in [5.74, 6) is 0. The summed E-state index contributed by atoms with van der Waals surface area (Å²) >= 11 is 11.7. The van der Waals surface area contributed by atoms with Crippen molar-refractivity contribution in [2.75, 3.05) is 11.0 Å². The van der Waals surface area contributed by atoms with Gasteiger partial charge in [0.25, 0.3) is 0 Å². The second-order valence-electron chi connectivity index (χ2n) is 4.62. The molecule has 1 N–H and O–H groups in total. The van der Waals surface area contributed by atoms with Gasteiger partial charge in [-0.3, -0.25) is 9.71 Å². The Bertz CT molecular complexity index is 855. The van der Waals surface area contributed by atoms with Crippen LogP contribution >= 0.6 is 23.2 Å². The average Bonchev–Trinajstić information content (AvgIpc) is 2.39. The molecular formula is C13H9Cl2F3N2O2S. The number of halogens is 5. The van der Waals surface area contributed by atoms with Gasteiger partial charge in [-0.25, -0.2) is 8.42 Å². The summed E-state index contributed by atoms with van der Waals surface area (Å²) in [4.78, 5) is 3.71. The van der Waals surface area contributed by atoms with E-state index in [0.29, 0.717) is 11.8 Å². The lowest BCUT2D eigenvalue weighted by atomic mass is 10.1. The van der Waals surface area contributed by atoms with Crippen molar-refractivity contribution in [3.8, 4) is 11.3 Å². The maximum Gasteiger partial charge on any atom is 0.417 e. The summed E-state index contributed by atoms with van der Waals surface area (Å²) in [5.41, 5.74) is -0.508. The quantitative estimate of drug-likeness (QED) is 0.850. The van der Waals surface area contributed by atoms with Crippen molar-refractivity contribution in [2.45, 2.75) is 6.18 Å². The molecule has 0 saturated heterocycles. The van der Waals surface area contributed by atoms with E-state index in [-0.39, 0.29) is 21.4 Å². The van der Waals surface area contributed by atoms with Gasteiger partial charge in [0, 0.05) is 11.8 Å². The Morgan fingerprint density at radius 2 is 1.78 bits per heavy atom. The van der Waals surface area contributed by atoms with Crippen LogP contribution in [0, 0.1) is 0 Å². The van der Waals surface area contributed by atoms with Gasteiger partial charge in [0.15, 0.2) is 0 Å². The third-order valence-corrected chi connectivity index (χ3v) is 3.91. The zero-order valence-electron chi connectivity index (χ0n) is 11.4. The van der Waals surface area contributed by atoms with E-state index in [9.17, 15) is 21.6 Å². The summed E-state index contributed by atoms with van der Waals surface area (Å²) in [5, 5.41) is -0.0883. The Balaban J connectivity index is 2.49. The number of anilines is 1. The van der Waals surface area contributed by atoms with E-state index in [1.54, 1.807) is 0 Å². The average molecular weight is 385 g/mol. The molecule has 124 valence electrons. The third kappa shape index (κ3) is 4.49. The number of aromatic nitrogens is 1. The fourth-order valence-electron chi connectivity index (χ4n) is 1.76. The number of sulfonamides is 1. The molecule has 1 aromatic heterocycles. The molecule has 0 aliphatic rings. The van der Waals surface area contributed by atoms with Crippen LogP contribution in [0.25, 0.3) is 11.3 Å². The number of pyridine rings is 1. The summed E-state index contributed by atoms with van der Waals surface area (Å²) < 4.78 is 62.6. The molecule has 0 unspecified atom stereocenters. The normalized spacial score (nSPS) is 12.3. The molecule has 2 aromatic rings. The number of hydrogen-bond acceptors (Lipinski definition) is 3. The molecule has 0 spiro atoms. The van der Waals surface area contributed by atoms with E-state index >= 15 is 0 Å². The SMILES string of the molecule is CS(=O)(=O)Nc1cc(-c2ncc(C(F)(F)F)cc2Cl)ccc1Cl. The summed E-state index contributed by atoms with van der Waals surface area (Å²) in [6.45, 7) is 0. The first-order valence-electron chi connectivity index (χ1n) is 5.98. The van der Waals surface area contributed by atoms with Crippen LogP contribution in [0.3, 0.4) is 0 Å². The second-order valence-corrected chi connectivity index (χ2v) is 7.18. The molecule has 0 bridgehead atoms. The van der Waals surface area contributed by atoms with Crippen LogP contribution in [0.4, 0.5) is 18.9 Å². The predicted octanol–water partition coefficient (Wildman–Crippen LogP) is 4.45. The van der Waals surface area contributed by atoms with Crippen molar-refractivity contribution in [2.24, 2.45) is 0 Å². The second kappa shape index (κ2) is 6.18. The highest BCUT2D eigenvalue weighted by atomic mass is 35.5. The molecule has 23 heavy (non-hydrogen) atoms. The maximum absolute atomic E-state index is 12.6.